The van der Waals surface area contributed by atoms with Crippen molar-refractivity contribution in [2.45, 2.75) is 57.6 Å². The average molecular weight is 328 g/mol. The molecule has 0 bridgehead atoms. The second-order valence-corrected chi connectivity index (χ2v) is 7.39. The van der Waals surface area contributed by atoms with E-state index in [1.54, 1.807) is 6.20 Å². The van der Waals surface area contributed by atoms with E-state index in [1.807, 2.05) is 24.3 Å². The molecule has 0 radical (unpaired) electrons. The van der Waals surface area contributed by atoms with Gasteiger partial charge < -0.3 is 14.8 Å². The molecule has 2 atom stereocenters. The minimum absolute atomic E-state index is 0.0900. The number of amides is 1. The number of aryl methyl sites for hydroxylation is 1. The Hall–Kier alpha value is -2.14. The van der Waals surface area contributed by atoms with Gasteiger partial charge in [-0.15, -0.1) is 0 Å². The molecule has 0 aliphatic heterocycles. The van der Waals surface area contributed by atoms with Crippen LogP contribution in [-0.2, 0) is 23.1 Å². The Balaban J connectivity index is 1.53. The van der Waals surface area contributed by atoms with E-state index >= 15 is 0 Å². The van der Waals surface area contributed by atoms with Crippen LogP contribution < -0.4 is 5.32 Å². The van der Waals surface area contributed by atoms with Gasteiger partial charge in [-0.3, -0.25) is 4.79 Å². The van der Waals surface area contributed by atoms with Crippen molar-refractivity contribution < 1.29 is 14.3 Å². The van der Waals surface area contributed by atoms with Gasteiger partial charge in [-0.25, -0.2) is 4.98 Å². The number of nitrogens with zero attached hydrogens (tertiary/aromatic N) is 1. The molecule has 0 saturated heterocycles. The molecule has 3 rings (SSSR count). The molecule has 24 heavy (non-hydrogen) atoms. The normalized spacial score (nSPS) is 20.0. The molecule has 1 aromatic carbocycles. The third kappa shape index (κ3) is 3.51. The summed E-state index contributed by atoms with van der Waals surface area (Å²) in [6.45, 7) is 6.18. The highest BCUT2D eigenvalue weighted by Gasteiger charge is 2.31. The van der Waals surface area contributed by atoms with Crippen LogP contribution in [0.3, 0.4) is 0 Å². The van der Waals surface area contributed by atoms with Gasteiger partial charge in [-0.2, -0.15) is 0 Å². The number of aromatic nitrogens is 1. The lowest BCUT2D eigenvalue weighted by atomic mass is 9.94. The van der Waals surface area contributed by atoms with E-state index in [4.69, 9.17) is 4.42 Å². The molecule has 1 aliphatic rings. The Kier molecular flexibility index (Phi) is 4.45. The van der Waals surface area contributed by atoms with Crippen LogP contribution in [0.25, 0.3) is 0 Å². The Morgan fingerprint density at radius 3 is 2.79 bits per heavy atom. The standard InChI is InChI=1S/C19H24N2O3/c1-19(2,3)15-11-20-17(24-15)9-8-16(22)21-14-10-12-6-4-5-7-13(12)18(14)23/h4-7,11,14,18,23H,8-10H2,1-3H3,(H,21,22). The number of hydrogen-bond donors (Lipinski definition) is 2. The minimum atomic E-state index is -0.639. The van der Waals surface area contributed by atoms with E-state index < -0.39 is 6.10 Å². The van der Waals surface area contributed by atoms with Gasteiger partial charge in [-0.1, -0.05) is 45.0 Å². The lowest BCUT2D eigenvalue weighted by Crippen LogP contribution is -2.37. The Morgan fingerprint density at radius 1 is 1.38 bits per heavy atom. The maximum absolute atomic E-state index is 12.2. The fourth-order valence-electron chi connectivity index (χ4n) is 2.98. The third-order valence-electron chi connectivity index (χ3n) is 4.40. The van der Waals surface area contributed by atoms with Crippen LogP contribution in [0, 0.1) is 0 Å². The van der Waals surface area contributed by atoms with Crippen molar-refractivity contribution in [1.29, 1.82) is 0 Å². The number of hydrogen-bond acceptors (Lipinski definition) is 4. The van der Waals surface area contributed by atoms with Crippen LogP contribution in [0.2, 0.25) is 0 Å². The molecule has 1 heterocycles. The number of aliphatic hydroxyl groups is 1. The monoisotopic (exact) mass is 328 g/mol. The molecule has 5 heteroatoms. The Bertz CT molecular complexity index is 730. The fourth-order valence-corrected chi connectivity index (χ4v) is 2.98. The van der Waals surface area contributed by atoms with Crippen molar-refractivity contribution in [3.05, 3.63) is 53.2 Å². The van der Waals surface area contributed by atoms with Crippen molar-refractivity contribution in [3.63, 3.8) is 0 Å². The molecule has 0 fully saturated rings. The number of fused-ring (bicyclic) bond motifs is 1. The van der Waals surface area contributed by atoms with Gasteiger partial charge >= 0.3 is 0 Å². The zero-order valence-corrected chi connectivity index (χ0v) is 14.4. The summed E-state index contributed by atoms with van der Waals surface area (Å²) in [4.78, 5) is 16.4. The number of rotatable bonds is 4. The van der Waals surface area contributed by atoms with E-state index in [1.165, 1.54) is 0 Å². The number of nitrogens with one attached hydrogen (secondary N) is 1. The van der Waals surface area contributed by atoms with Gasteiger partial charge in [0.2, 0.25) is 5.91 Å². The van der Waals surface area contributed by atoms with Crippen LogP contribution >= 0.6 is 0 Å². The summed E-state index contributed by atoms with van der Waals surface area (Å²) in [7, 11) is 0. The van der Waals surface area contributed by atoms with Crippen LogP contribution in [0.4, 0.5) is 0 Å². The third-order valence-corrected chi connectivity index (χ3v) is 4.40. The summed E-state index contributed by atoms with van der Waals surface area (Å²) in [6.07, 6.45) is 2.50. The quantitative estimate of drug-likeness (QED) is 0.905. The molecular formula is C19H24N2O3. The second kappa shape index (κ2) is 6.40. The number of carbonyl (C=O) groups excluding carboxylic acids is 1. The summed E-state index contributed by atoms with van der Waals surface area (Å²) >= 11 is 0. The summed E-state index contributed by atoms with van der Waals surface area (Å²) < 4.78 is 5.70. The van der Waals surface area contributed by atoms with Crippen molar-refractivity contribution in [2.75, 3.05) is 0 Å². The fraction of sp³-hybridized carbons (Fsp3) is 0.474. The van der Waals surface area contributed by atoms with Crippen molar-refractivity contribution >= 4 is 5.91 Å². The Labute approximate surface area is 142 Å². The SMILES string of the molecule is CC(C)(C)c1cnc(CCC(=O)NC2Cc3ccccc3C2O)o1. The Morgan fingerprint density at radius 2 is 2.12 bits per heavy atom. The minimum Gasteiger partial charge on any atom is -0.445 e. The van der Waals surface area contributed by atoms with E-state index in [2.05, 4.69) is 31.1 Å². The molecule has 2 N–H and O–H groups in total. The van der Waals surface area contributed by atoms with Gasteiger partial charge in [0.05, 0.1) is 18.3 Å². The van der Waals surface area contributed by atoms with Gasteiger partial charge in [0, 0.05) is 18.3 Å². The first kappa shape index (κ1) is 16.7. The summed E-state index contributed by atoms with van der Waals surface area (Å²) in [6, 6.07) is 7.50. The molecule has 2 aromatic rings. The highest BCUT2D eigenvalue weighted by atomic mass is 16.4. The largest absolute Gasteiger partial charge is 0.445 e. The smallest absolute Gasteiger partial charge is 0.220 e. The van der Waals surface area contributed by atoms with Crippen molar-refractivity contribution in [1.82, 2.24) is 10.3 Å². The van der Waals surface area contributed by atoms with Crippen molar-refractivity contribution in [2.24, 2.45) is 0 Å². The lowest BCUT2D eigenvalue weighted by molar-refractivity contribution is -0.122. The number of aliphatic hydroxyl groups excluding tert-OH is 1. The molecule has 1 aliphatic carbocycles. The average Bonchev–Trinajstić information content (AvgIpc) is 3.11. The first-order chi connectivity index (χ1) is 11.3. The maximum atomic E-state index is 12.2. The predicted molar refractivity (Wildman–Crippen MR) is 90.6 cm³/mol. The molecule has 0 spiro atoms. The highest BCUT2D eigenvalue weighted by molar-refractivity contribution is 5.76. The van der Waals surface area contributed by atoms with Crippen LogP contribution in [0.1, 0.15) is 56.1 Å². The number of oxazole rings is 1. The van der Waals surface area contributed by atoms with Crippen LogP contribution in [0.15, 0.2) is 34.9 Å². The zero-order chi connectivity index (χ0) is 17.3. The zero-order valence-electron chi connectivity index (χ0n) is 14.4. The number of carbonyl (C=O) groups is 1. The maximum Gasteiger partial charge on any atom is 0.220 e. The van der Waals surface area contributed by atoms with Gasteiger partial charge in [-0.05, 0) is 17.5 Å². The van der Waals surface area contributed by atoms with E-state index in [9.17, 15) is 9.90 Å². The second-order valence-electron chi connectivity index (χ2n) is 7.39. The molecule has 128 valence electrons. The van der Waals surface area contributed by atoms with E-state index in [0.29, 0.717) is 25.2 Å². The lowest BCUT2D eigenvalue weighted by Gasteiger charge is -2.16. The van der Waals surface area contributed by atoms with E-state index in [-0.39, 0.29) is 17.4 Å². The molecule has 2 unspecified atom stereocenters. The van der Waals surface area contributed by atoms with Gasteiger partial charge in [0.25, 0.3) is 0 Å². The topological polar surface area (TPSA) is 75.4 Å². The first-order valence-electron chi connectivity index (χ1n) is 8.35. The molecule has 1 amide bonds. The van der Waals surface area contributed by atoms with Crippen LogP contribution in [-0.4, -0.2) is 22.0 Å². The number of benzene rings is 1. The van der Waals surface area contributed by atoms with Crippen molar-refractivity contribution in [3.8, 4) is 0 Å². The van der Waals surface area contributed by atoms with Gasteiger partial charge in [0.1, 0.15) is 5.76 Å². The predicted octanol–water partition coefficient (Wildman–Crippen LogP) is 2.68. The summed E-state index contributed by atoms with van der Waals surface area (Å²) in [5, 5.41) is 13.2. The van der Waals surface area contributed by atoms with E-state index in [0.717, 1.165) is 16.9 Å². The first-order valence-corrected chi connectivity index (χ1v) is 8.35. The molecule has 5 nitrogen and oxygen atoms in total. The molecule has 0 saturated carbocycles. The molecular weight excluding hydrogens is 304 g/mol. The molecule has 1 aromatic heterocycles. The van der Waals surface area contributed by atoms with Gasteiger partial charge in [0.15, 0.2) is 5.89 Å². The highest BCUT2D eigenvalue weighted by Crippen LogP contribution is 2.31. The summed E-state index contributed by atoms with van der Waals surface area (Å²) in [5.41, 5.74) is 1.91. The van der Waals surface area contributed by atoms with Crippen LogP contribution in [0.5, 0.6) is 0 Å². The summed E-state index contributed by atoms with van der Waals surface area (Å²) in [5.74, 6) is 1.30.